The molecule has 2 rings (SSSR count). The second-order valence-corrected chi connectivity index (χ2v) is 7.68. The molecule has 4 nitrogen and oxygen atoms in total. The van der Waals surface area contributed by atoms with Gasteiger partial charge in [0, 0.05) is 23.6 Å². The first kappa shape index (κ1) is 15.8. The highest BCUT2D eigenvalue weighted by Crippen LogP contribution is 2.21. The summed E-state index contributed by atoms with van der Waals surface area (Å²) in [5.41, 5.74) is 0.659. The molecule has 112 valence electrons. The van der Waals surface area contributed by atoms with Crippen molar-refractivity contribution in [3.8, 4) is 0 Å². The normalized spacial score (nSPS) is 21.0. The average molecular weight is 318 g/mol. The van der Waals surface area contributed by atoms with Crippen molar-refractivity contribution in [2.45, 2.75) is 18.2 Å². The maximum absolute atomic E-state index is 12.3. The Balaban J connectivity index is 2.04. The SMILES string of the molecule is CNC(CS(=O)(=O)Cc1ccccc1Cl)C1CCOC1. The summed E-state index contributed by atoms with van der Waals surface area (Å²) in [5, 5.41) is 3.61. The topological polar surface area (TPSA) is 55.4 Å². The molecule has 0 bridgehead atoms. The number of nitrogens with one attached hydrogen (secondary N) is 1. The number of ether oxygens (including phenoxy) is 1. The Morgan fingerprint density at radius 3 is 2.80 bits per heavy atom. The minimum Gasteiger partial charge on any atom is -0.381 e. The van der Waals surface area contributed by atoms with E-state index in [2.05, 4.69) is 5.32 Å². The fourth-order valence-electron chi connectivity index (χ4n) is 2.51. The molecule has 1 heterocycles. The van der Waals surface area contributed by atoms with Crippen LogP contribution in [0.2, 0.25) is 5.02 Å². The zero-order valence-electron chi connectivity index (χ0n) is 11.5. The van der Waals surface area contributed by atoms with Gasteiger partial charge in [-0.3, -0.25) is 0 Å². The maximum Gasteiger partial charge on any atom is 0.156 e. The summed E-state index contributed by atoms with van der Waals surface area (Å²) in [7, 11) is -1.41. The van der Waals surface area contributed by atoms with Gasteiger partial charge in [0.2, 0.25) is 0 Å². The number of hydrogen-bond donors (Lipinski definition) is 1. The first-order chi connectivity index (χ1) is 9.52. The zero-order valence-corrected chi connectivity index (χ0v) is 13.1. The van der Waals surface area contributed by atoms with Gasteiger partial charge in [-0.25, -0.2) is 8.42 Å². The van der Waals surface area contributed by atoms with Gasteiger partial charge in [0.15, 0.2) is 9.84 Å². The van der Waals surface area contributed by atoms with E-state index >= 15 is 0 Å². The number of sulfone groups is 1. The van der Waals surface area contributed by atoms with Gasteiger partial charge in [0.25, 0.3) is 0 Å². The highest BCUT2D eigenvalue weighted by molar-refractivity contribution is 7.90. The minimum atomic E-state index is -3.21. The highest BCUT2D eigenvalue weighted by Gasteiger charge is 2.29. The Hall–Kier alpha value is -0.620. The van der Waals surface area contributed by atoms with Crippen molar-refractivity contribution in [2.75, 3.05) is 26.0 Å². The van der Waals surface area contributed by atoms with Crippen molar-refractivity contribution in [2.24, 2.45) is 5.92 Å². The number of hydrogen-bond acceptors (Lipinski definition) is 4. The van der Waals surface area contributed by atoms with E-state index in [9.17, 15) is 8.42 Å². The largest absolute Gasteiger partial charge is 0.381 e. The molecule has 2 atom stereocenters. The molecule has 0 spiro atoms. The van der Waals surface area contributed by atoms with Crippen LogP contribution in [0.25, 0.3) is 0 Å². The minimum absolute atomic E-state index is 0.0154. The fraction of sp³-hybridized carbons (Fsp3) is 0.571. The van der Waals surface area contributed by atoms with Crippen molar-refractivity contribution >= 4 is 21.4 Å². The molecule has 0 aliphatic carbocycles. The molecule has 1 aliphatic heterocycles. The van der Waals surface area contributed by atoms with Crippen LogP contribution >= 0.6 is 11.6 Å². The summed E-state index contributed by atoms with van der Waals surface area (Å²) in [6, 6.07) is 7.01. The van der Waals surface area contributed by atoms with E-state index in [1.807, 2.05) is 0 Å². The lowest BCUT2D eigenvalue weighted by atomic mass is 10.0. The molecule has 0 amide bonds. The third-order valence-electron chi connectivity index (χ3n) is 3.67. The van der Waals surface area contributed by atoms with Gasteiger partial charge in [-0.05, 0) is 25.1 Å². The van der Waals surface area contributed by atoms with Gasteiger partial charge in [0.1, 0.15) is 0 Å². The van der Waals surface area contributed by atoms with E-state index in [4.69, 9.17) is 16.3 Å². The first-order valence-corrected chi connectivity index (χ1v) is 8.90. The molecule has 1 aromatic carbocycles. The molecule has 20 heavy (non-hydrogen) atoms. The molecular weight excluding hydrogens is 298 g/mol. The molecule has 0 radical (unpaired) electrons. The predicted molar refractivity (Wildman–Crippen MR) is 80.7 cm³/mol. The Labute approximate surface area is 125 Å². The maximum atomic E-state index is 12.3. The molecule has 1 fully saturated rings. The summed E-state index contributed by atoms with van der Waals surface area (Å²) in [4.78, 5) is 0. The van der Waals surface area contributed by atoms with Crippen LogP contribution in [0, 0.1) is 5.92 Å². The molecular formula is C14H20ClNO3S. The van der Waals surface area contributed by atoms with E-state index in [0.29, 0.717) is 23.8 Å². The Bertz CT molecular complexity index is 541. The second-order valence-electron chi connectivity index (χ2n) is 5.16. The Morgan fingerprint density at radius 2 is 2.20 bits per heavy atom. The summed E-state index contributed by atoms with van der Waals surface area (Å²) in [6.45, 7) is 1.35. The number of benzene rings is 1. The van der Waals surface area contributed by atoms with Crippen LogP contribution in [0.1, 0.15) is 12.0 Å². The van der Waals surface area contributed by atoms with Crippen molar-refractivity contribution in [1.29, 1.82) is 0 Å². The third kappa shape index (κ3) is 4.19. The standard InChI is InChI=1S/C14H20ClNO3S/c1-16-14(11-6-7-19-8-11)10-20(17,18)9-12-4-2-3-5-13(12)15/h2-5,11,14,16H,6-10H2,1H3. The van der Waals surface area contributed by atoms with Crippen LogP contribution in [-0.2, 0) is 20.3 Å². The van der Waals surface area contributed by atoms with Gasteiger partial charge >= 0.3 is 0 Å². The summed E-state index contributed by atoms with van der Waals surface area (Å²) in [6.07, 6.45) is 0.910. The van der Waals surface area contributed by atoms with E-state index in [-0.39, 0.29) is 23.5 Å². The van der Waals surface area contributed by atoms with Crippen LogP contribution in [0.15, 0.2) is 24.3 Å². The van der Waals surface area contributed by atoms with Crippen molar-refractivity contribution in [3.63, 3.8) is 0 Å². The zero-order chi connectivity index (χ0) is 14.6. The molecule has 6 heteroatoms. The van der Waals surface area contributed by atoms with Crippen molar-refractivity contribution < 1.29 is 13.2 Å². The van der Waals surface area contributed by atoms with Crippen LogP contribution in [-0.4, -0.2) is 40.5 Å². The number of rotatable bonds is 6. The van der Waals surface area contributed by atoms with Gasteiger partial charge in [-0.1, -0.05) is 29.8 Å². The molecule has 0 saturated carbocycles. The van der Waals surface area contributed by atoms with Crippen LogP contribution in [0.3, 0.4) is 0 Å². The van der Waals surface area contributed by atoms with Crippen LogP contribution in [0.4, 0.5) is 0 Å². The Morgan fingerprint density at radius 1 is 1.45 bits per heavy atom. The number of halogens is 1. The lowest BCUT2D eigenvalue weighted by molar-refractivity contribution is 0.179. The van der Waals surface area contributed by atoms with Crippen molar-refractivity contribution in [3.05, 3.63) is 34.9 Å². The smallest absolute Gasteiger partial charge is 0.156 e. The molecule has 0 aromatic heterocycles. The van der Waals surface area contributed by atoms with Crippen LogP contribution < -0.4 is 5.32 Å². The summed E-state index contributed by atoms with van der Waals surface area (Å²) < 4.78 is 30.0. The van der Waals surface area contributed by atoms with E-state index in [1.54, 1.807) is 31.3 Å². The van der Waals surface area contributed by atoms with E-state index in [0.717, 1.165) is 6.42 Å². The predicted octanol–water partition coefficient (Wildman–Crippen LogP) is 1.88. The molecule has 1 saturated heterocycles. The van der Waals surface area contributed by atoms with Crippen molar-refractivity contribution in [1.82, 2.24) is 5.32 Å². The molecule has 2 unspecified atom stereocenters. The van der Waals surface area contributed by atoms with Crippen LogP contribution in [0.5, 0.6) is 0 Å². The second kappa shape index (κ2) is 6.89. The van der Waals surface area contributed by atoms with Gasteiger partial charge in [-0.15, -0.1) is 0 Å². The quantitative estimate of drug-likeness (QED) is 0.870. The fourth-order valence-corrected chi connectivity index (χ4v) is 4.62. The lowest BCUT2D eigenvalue weighted by Gasteiger charge is -2.21. The summed E-state index contributed by atoms with van der Waals surface area (Å²) in [5.74, 6) is 0.363. The van der Waals surface area contributed by atoms with Gasteiger partial charge in [0.05, 0.1) is 18.1 Å². The highest BCUT2D eigenvalue weighted by atomic mass is 35.5. The molecule has 1 N–H and O–H groups in total. The average Bonchev–Trinajstić information content (AvgIpc) is 2.92. The summed E-state index contributed by atoms with van der Waals surface area (Å²) >= 11 is 6.03. The van der Waals surface area contributed by atoms with Gasteiger partial charge in [-0.2, -0.15) is 0 Å². The lowest BCUT2D eigenvalue weighted by Crippen LogP contribution is -2.40. The van der Waals surface area contributed by atoms with E-state index in [1.165, 1.54) is 0 Å². The molecule has 1 aromatic rings. The Kier molecular flexibility index (Phi) is 5.43. The van der Waals surface area contributed by atoms with E-state index < -0.39 is 9.84 Å². The first-order valence-electron chi connectivity index (χ1n) is 6.70. The monoisotopic (exact) mass is 317 g/mol. The van der Waals surface area contributed by atoms with Gasteiger partial charge < -0.3 is 10.1 Å². The third-order valence-corrected chi connectivity index (χ3v) is 5.66. The molecule has 1 aliphatic rings.